The zero-order chi connectivity index (χ0) is 13.3. The van der Waals surface area contributed by atoms with Crippen molar-refractivity contribution in [1.29, 1.82) is 0 Å². The molecule has 21 heavy (non-hydrogen) atoms. The maximum absolute atomic E-state index is 6.23. The molecule has 1 unspecified atom stereocenters. The van der Waals surface area contributed by atoms with Crippen LogP contribution in [0, 0.1) is 0 Å². The molecule has 0 bridgehead atoms. The van der Waals surface area contributed by atoms with Crippen molar-refractivity contribution >= 4 is 24.8 Å². The Balaban J connectivity index is 0.00000200. The molecule has 1 aromatic carbocycles. The summed E-state index contributed by atoms with van der Waals surface area (Å²) in [4.78, 5) is 2.64. The highest BCUT2D eigenvalue weighted by atomic mass is 35.5. The van der Waals surface area contributed by atoms with E-state index < -0.39 is 0 Å². The summed E-state index contributed by atoms with van der Waals surface area (Å²) in [7, 11) is 0. The van der Waals surface area contributed by atoms with Crippen molar-refractivity contribution in [3.63, 3.8) is 0 Å². The van der Waals surface area contributed by atoms with Gasteiger partial charge in [-0.1, -0.05) is 49.6 Å². The molecular formula is C17H30Cl2N2. The second-order valence-electron chi connectivity index (χ2n) is 5.77. The van der Waals surface area contributed by atoms with E-state index in [2.05, 4.69) is 35.2 Å². The molecule has 0 aliphatic carbocycles. The van der Waals surface area contributed by atoms with Crippen LogP contribution in [0.1, 0.15) is 56.6 Å². The van der Waals surface area contributed by atoms with Crippen LogP contribution in [-0.4, -0.2) is 24.5 Å². The van der Waals surface area contributed by atoms with Gasteiger partial charge >= 0.3 is 0 Å². The summed E-state index contributed by atoms with van der Waals surface area (Å²) in [5.74, 6) is 0. The molecule has 1 fully saturated rings. The van der Waals surface area contributed by atoms with Crippen molar-refractivity contribution in [3.05, 3.63) is 35.9 Å². The van der Waals surface area contributed by atoms with Crippen LogP contribution in [-0.2, 0) is 0 Å². The van der Waals surface area contributed by atoms with Crippen LogP contribution >= 0.6 is 24.8 Å². The first kappa shape index (κ1) is 20.7. The first-order valence-corrected chi connectivity index (χ1v) is 7.89. The largest absolute Gasteiger partial charge is 0.324 e. The lowest BCUT2D eigenvalue weighted by molar-refractivity contribution is 0.277. The van der Waals surface area contributed by atoms with Crippen LogP contribution < -0.4 is 5.73 Å². The fraction of sp³-hybridized carbons (Fsp3) is 0.647. The molecule has 2 nitrogen and oxygen atoms in total. The second kappa shape index (κ2) is 12.3. The molecule has 1 atom stereocenters. The summed E-state index contributed by atoms with van der Waals surface area (Å²) >= 11 is 0. The zero-order valence-electron chi connectivity index (χ0n) is 12.9. The lowest BCUT2D eigenvalue weighted by Gasteiger charge is -2.20. The van der Waals surface area contributed by atoms with Crippen molar-refractivity contribution in [2.45, 2.75) is 51.0 Å². The molecule has 4 heteroatoms. The van der Waals surface area contributed by atoms with Crippen LogP contribution in [0.25, 0.3) is 0 Å². The van der Waals surface area contributed by atoms with E-state index in [9.17, 15) is 0 Å². The van der Waals surface area contributed by atoms with Crippen LogP contribution in [0.4, 0.5) is 0 Å². The number of likely N-dealkylation sites (tertiary alicyclic amines) is 1. The summed E-state index contributed by atoms with van der Waals surface area (Å²) in [6.07, 6.45) is 9.28. The van der Waals surface area contributed by atoms with Gasteiger partial charge in [0, 0.05) is 6.04 Å². The van der Waals surface area contributed by atoms with E-state index in [1.165, 1.54) is 63.7 Å². The first-order valence-electron chi connectivity index (χ1n) is 7.89. The number of rotatable bonds is 6. The average molecular weight is 333 g/mol. The van der Waals surface area contributed by atoms with Crippen molar-refractivity contribution < 1.29 is 0 Å². The molecule has 0 amide bonds. The lowest BCUT2D eigenvalue weighted by Crippen LogP contribution is -2.25. The fourth-order valence-corrected chi connectivity index (χ4v) is 2.93. The van der Waals surface area contributed by atoms with Crippen molar-refractivity contribution in [2.24, 2.45) is 5.73 Å². The van der Waals surface area contributed by atoms with Gasteiger partial charge in [-0.15, -0.1) is 24.8 Å². The number of benzene rings is 1. The Hall–Kier alpha value is -0.280. The third-order valence-corrected chi connectivity index (χ3v) is 4.17. The van der Waals surface area contributed by atoms with E-state index in [0.717, 1.165) is 6.42 Å². The Bertz CT molecular complexity index is 338. The van der Waals surface area contributed by atoms with Crippen molar-refractivity contribution in [1.82, 2.24) is 4.90 Å². The fourth-order valence-electron chi connectivity index (χ4n) is 2.93. The molecule has 1 aliphatic heterocycles. The highest BCUT2D eigenvalue weighted by Gasteiger charge is 2.09. The summed E-state index contributed by atoms with van der Waals surface area (Å²) < 4.78 is 0. The van der Waals surface area contributed by atoms with Gasteiger partial charge in [0.1, 0.15) is 0 Å². The standard InChI is InChI=1S/C17H28N2.2ClH/c18-17(16-10-4-3-5-11-16)12-6-9-15-19-13-7-1-2-8-14-19;;/h3-5,10-11,17H,1-2,6-9,12-15,18H2;2*1H. The SMILES string of the molecule is Cl.Cl.NC(CCCCN1CCCCCC1)c1ccccc1. The van der Waals surface area contributed by atoms with Crippen molar-refractivity contribution in [3.8, 4) is 0 Å². The number of nitrogens with zero attached hydrogens (tertiary/aromatic N) is 1. The van der Waals surface area contributed by atoms with Gasteiger partial charge in [0.2, 0.25) is 0 Å². The molecule has 2 N–H and O–H groups in total. The molecule has 122 valence electrons. The van der Waals surface area contributed by atoms with Gasteiger partial charge in [-0.3, -0.25) is 0 Å². The molecule has 1 aromatic rings. The highest BCUT2D eigenvalue weighted by Crippen LogP contribution is 2.17. The van der Waals surface area contributed by atoms with Gasteiger partial charge in [0.05, 0.1) is 0 Å². The van der Waals surface area contributed by atoms with E-state index >= 15 is 0 Å². The average Bonchev–Trinajstić information content (AvgIpc) is 2.73. The maximum atomic E-state index is 6.23. The molecule has 1 heterocycles. The molecule has 1 aliphatic rings. The summed E-state index contributed by atoms with van der Waals surface area (Å²) in [6, 6.07) is 10.7. The minimum atomic E-state index is 0. The Morgan fingerprint density at radius 2 is 1.52 bits per heavy atom. The van der Waals surface area contributed by atoms with Crippen LogP contribution in [0.3, 0.4) is 0 Å². The van der Waals surface area contributed by atoms with Gasteiger partial charge < -0.3 is 10.6 Å². The minimum absolute atomic E-state index is 0. The molecule has 0 aromatic heterocycles. The smallest absolute Gasteiger partial charge is 0.0294 e. The van der Waals surface area contributed by atoms with Gasteiger partial charge in [-0.2, -0.15) is 0 Å². The van der Waals surface area contributed by atoms with Gasteiger partial charge in [0.25, 0.3) is 0 Å². The van der Waals surface area contributed by atoms with Crippen LogP contribution in [0.2, 0.25) is 0 Å². The van der Waals surface area contributed by atoms with E-state index in [-0.39, 0.29) is 30.9 Å². The number of nitrogens with two attached hydrogens (primary N) is 1. The monoisotopic (exact) mass is 332 g/mol. The van der Waals surface area contributed by atoms with Crippen LogP contribution in [0.5, 0.6) is 0 Å². The second-order valence-corrected chi connectivity index (χ2v) is 5.77. The summed E-state index contributed by atoms with van der Waals surface area (Å²) in [6.45, 7) is 3.89. The Labute approximate surface area is 142 Å². The molecule has 0 spiro atoms. The Kier molecular flexibility index (Phi) is 12.1. The highest BCUT2D eigenvalue weighted by molar-refractivity contribution is 5.85. The number of unbranched alkanes of at least 4 members (excludes halogenated alkanes) is 1. The van der Waals surface area contributed by atoms with E-state index in [4.69, 9.17) is 5.73 Å². The Morgan fingerprint density at radius 1 is 0.905 bits per heavy atom. The van der Waals surface area contributed by atoms with Crippen LogP contribution in [0.15, 0.2) is 30.3 Å². The molecule has 2 rings (SSSR count). The normalized spacial score (nSPS) is 17.2. The quantitative estimate of drug-likeness (QED) is 0.772. The predicted molar refractivity (Wildman–Crippen MR) is 96.6 cm³/mol. The lowest BCUT2D eigenvalue weighted by atomic mass is 10.0. The summed E-state index contributed by atoms with van der Waals surface area (Å²) in [5.41, 5.74) is 7.50. The predicted octanol–water partition coefficient (Wildman–Crippen LogP) is 4.58. The van der Waals surface area contributed by atoms with Gasteiger partial charge in [-0.25, -0.2) is 0 Å². The molecule has 0 saturated carbocycles. The van der Waals surface area contributed by atoms with E-state index in [1.807, 2.05) is 0 Å². The third-order valence-electron chi connectivity index (χ3n) is 4.17. The topological polar surface area (TPSA) is 29.3 Å². The number of hydrogen-bond acceptors (Lipinski definition) is 2. The summed E-state index contributed by atoms with van der Waals surface area (Å²) in [5, 5.41) is 0. The zero-order valence-corrected chi connectivity index (χ0v) is 14.5. The first-order chi connectivity index (χ1) is 9.36. The van der Waals surface area contributed by atoms with Gasteiger partial charge in [0.15, 0.2) is 0 Å². The number of hydrogen-bond donors (Lipinski definition) is 1. The van der Waals surface area contributed by atoms with E-state index in [1.54, 1.807) is 0 Å². The van der Waals surface area contributed by atoms with E-state index in [0.29, 0.717) is 0 Å². The third kappa shape index (κ3) is 8.06. The Morgan fingerprint density at radius 3 is 2.14 bits per heavy atom. The molecule has 0 radical (unpaired) electrons. The maximum Gasteiger partial charge on any atom is 0.0294 e. The minimum Gasteiger partial charge on any atom is -0.324 e. The van der Waals surface area contributed by atoms with Crippen molar-refractivity contribution in [2.75, 3.05) is 19.6 Å². The van der Waals surface area contributed by atoms with Gasteiger partial charge in [-0.05, 0) is 50.9 Å². The number of halogens is 2. The molecule has 1 saturated heterocycles. The molecular weight excluding hydrogens is 303 g/mol.